The molecule has 2 rings (SSSR count). The van der Waals surface area contributed by atoms with E-state index in [2.05, 4.69) is 21.2 Å². The fourth-order valence-corrected chi connectivity index (χ4v) is 1.84. The van der Waals surface area contributed by atoms with Crippen LogP contribution in [0.3, 0.4) is 0 Å². The Morgan fingerprint density at radius 2 is 1.53 bits per heavy atom. The molecule has 2 aromatic carbocycles. The van der Waals surface area contributed by atoms with Gasteiger partial charge < -0.3 is 11.1 Å². The first-order valence-electron chi connectivity index (χ1n) is 5.05. The van der Waals surface area contributed by atoms with Gasteiger partial charge in [0, 0.05) is 10.5 Å². The number of hydrogen-bond donors (Lipinski definition) is 2. The number of benzene rings is 2. The zero-order valence-corrected chi connectivity index (χ0v) is 10.9. The van der Waals surface area contributed by atoms with Gasteiger partial charge in [0.1, 0.15) is 5.69 Å². The molecular formula is C12H7BrF4N2. The van der Waals surface area contributed by atoms with Crippen LogP contribution in [0.5, 0.6) is 0 Å². The second-order valence-electron chi connectivity index (χ2n) is 3.70. The van der Waals surface area contributed by atoms with E-state index in [0.29, 0.717) is 4.47 Å². The standard InChI is InChI=1S/C12H7BrF4N2/c13-5-1-2-9(8(18)3-5)19-12-10(16)6(14)4-7(15)11(12)17/h1-4,19H,18H2. The maximum atomic E-state index is 13.4. The number of nitrogens with one attached hydrogen (secondary N) is 1. The molecule has 0 unspecified atom stereocenters. The highest BCUT2D eigenvalue weighted by Crippen LogP contribution is 2.31. The van der Waals surface area contributed by atoms with Crippen LogP contribution in [0.1, 0.15) is 0 Å². The molecule has 0 aromatic heterocycles. The number of anilines is 3. The highest BCUT2D eigenvalue weighted by Gasteiger charge is 2.19. The first-order chi connectivity index (χ1) is 8.90. The summed E-state index contributed by atoms with van der Waals surface area (Å²) < 4.78 is 53.6. The lowest BCUT2D eigenvalue weighted by molar-refractivity contribution is 0.459. The molecule has 7 heteroatoms. The van der Waals surface area contributed by atoms with Gasteiger partial charge in [0.05, 0.1) is 11.4 Å². The molecule has 0 aliphatic carbocycles. The Kier molecular flexibility index (Phi) is 3.66. The lowest BCUT2D eigenvalue weighted by atomic mass is 10.2. The zero-order chi connectivity index (χ0) is 14.2. The van der Waals surface area contributed by atoms with Gasteiger partial charge in [-0.2, -0.15) is 0 Å². The summed E-state index contributed by atoms with van der Waals surface area (Å²) in [5.41, 5.74) is 4.99. The number of nitrogens with two attached hydrogens (primary N) is 1. The van der Waals surface area contributed by atoms with Crippen molar-refractivity contribution in [3.8, 4) is 0 Å². The molecule has 0 heterocycles. The fourth-order valence-electron chi connectivity index (χ4n) is 1.46. The third kappa shape index (κ3) is 2.65. The molecule has 0 spiro atoms. The van der Waals surface area contributed by atoms with E-state index in [-0.39, 0.29) is 17.4 Å². The van der Waals surface area contributed by atoms with Gasteiger partial charge in [0.2, 0.25) is 0 Å². The SMILES string of the molecule is Nc1cc(Br)ccc1Nc1c(F)c(F)cc(F)c1F. The average Bonchev–Trinajstić information content (AvgIpc) is 2.34. The molecule has 0 saturated carbocycles. The van der Waals surface area contributed by atoms with E-state index in [9.17, 15) is 17.6 Å². The second-order valence-corrected chi connectivity index (χ2v) is 4.62. The topological polar surface area (TPSA) is 38.0 Å². The Morgan fingerprint density at radius 3 is 2.05 bits per heavy atom. The fraction of sp³-hybridized carbons (Fsp3) is 0. The summed E-state index contributed by atoms with van der Waals surface area (Å²) in [6.45, 7) is 0. The van der Waals surface area contributed by atoms with Crippen molar-refractivity contribution in [1.29, 1.82) is 0 Å². The van der Waals surface area contributed by atoms with E-state index in [1.807, 2.05) is 0 Å². The van der Waals surface area contributed by atoms with Crippen LogP contribution in [-0.4, -0.2) is 0 Å². The Hall–Kier alpha value is -1.76. The monoisotopic (exact) mass is 334 g/mol. The van der Waals surface area contributed by atoms with E-state index in [1.54, 1.807) is 6.07 Å². The van der Waals surface area contributed by atoms with Crippen molar-refractivity contribution < 1.29 is 17.6 Å². The van der Waals surface area contributed by atoms with Crippen molar-refractivity contribution in [1.82, 2.24) is 0 Å². The number of rotatable bonds is 2. The summed E-state index contributed by atoms with van der Waals surface area (Å²) in [6.07, 6.45) is 0. The normalized spacial score (nSPS) is 10.6. The maximum absolute atomic E-state index is 13.4. The number of nitrogen functional groups attached to an aromatic ring is 1. The van der Waals surface area contributed by atoms with Crippen LogP contribution in [-0.2, 0) is 0 Å². The summed E-state index contributed by atoms with van der Waals surface area (Å²) >= 11 is 3.16. The molecule has 0 saturated heterocycles. The van der Waals surface area contributed by atoms with Crippen LogP contribution in [0.2, 0.25) is 0 Å². The van der Waals surface area contributed by atoms with E-state index in [0.717, 1.165) is 0 Å². The van der Waals surface area contributed by atoms with Gasteiger partial charge in [-0.1, -0.05) is 15.9 Å². The Bertz CT molecular complexity index is 620. The summed E-state index contributed by atoms with van der Waals surface area (Å²) in [4.78, 5) is 0. The largest absolute Gasteiger partial charge is 0.397 e. The molecule has 3 N–H and O–H groups in total. The van der Waals surface area contributed by atoms with Crippen molar-refractivity contribution in [2.75, 3.05) is 11.1 Å². The van der Waals surface area contributed by atoms with Crippen molar-refractivity contribution in [3.63, 3.8) is 0 Å². The first kappa shape index (κ1) is 13.7. The molecule has 2 aromatic rings. The quantitative estimate of drug-likeness (QED) is 0.487. The van der Waals surface area contributed by atoms with Crippen molar-refractivity contribution >= 4 is 33.0 Å². The smallest absolute Gasteiger partial charge is 0.185 e. The van der Waals surface area contributed by atoms with Gasteiger partial charge in [-0.15, -0.1) is 0 Å². The molecule has 0 radical (unpaired) electrons. The van der Waals surface area contributed by atoms with Gasteiger partial charge in [-0.25, -0.2) is 17.6 Å². The second kappa shape index (κ2) is 5.08. The average molecular weight is 335 g/mol. The van der Waals surface area contributed by atoms with Crippen LogP contribution >= 0.6 is 15.9 Å². The van der Waals surface area contributed by atoms with E-state index in [4.69, 9.17) is 5.73 Å². The first-order valence-corrected chi connectivity index (χ1v) is 5.84. The molecular weight excluding hydrogens is 328 g/mol. The highest BCUT2D eigenvalue weighted by molar-refractivity contribution is 9.10. The zero-order valence-electron chi connectivity index (χ0n) is 9.28. The molecule has 0 amide bonds. The minimum atomic E-state index is -1.51. The third-order valence-electron chi connectivity index (χ3n) is 2.39. The molecule has 2 nitrogen and oxygen atoms in total. The van der Waals surface area contributed by atoms with Crippen LogP contribution in [0, 0.1) is 23.3 Å². The summed E-state index contributed by atoms with van der Waals surface area (Å²) in [7, 11) is 0. The van der Waals surface area contributed by atoms with Crippen molar-refractivity contribution in [2.45, 2.75) is 0 Å². The third-order valence-corrected chi connectivity index (χ3v) is 2.88. The minimum absolute atomic E-state index is 0.131. The van der Waals surface area contributed by atoms with Crippen LogP contribution in [0.4, 0.5) is 34.6 Å². The Balaban J connectivity index is 2.49. The molecule has 0 aliphatic heterocycles. The van der Waals surface area contributed by atoms with E-state index in [1.165, 1.54) is 12.1 Å². The Morgan fingerprint density at radius 1 is 0.947 bits per heavy atom. The summed E-state index contributed by atoms with van der Waals surface area (Å²) in [5.74, 6) is -6.00. The molecule has 100 valence electrons. The summed E-state index contributed by atoms with van der Waals surface area (Å²) in [5, 5.41) is 2.24. The molecule has 0 atom stereocenters. The Labute approximate surface area is 114 Å². The lowest BCUT2D eigenvalue weighted by Gasteiger charge is -2.12. The van der Waals surface area contributed by atoms with Gasteiger partial charge in [-0.3, -0.25) is 0 Å². The van der Waals surface area contributed by atoms with Crippen LogP contribution in [0.25, 0.3) is 0 Å². The number of hydrogen-bond acceptors (Lipinski definition) is 2. The highest BCUT2D eigenvalue weighted by atomic mass is 79.9. The molecule has 0 bridgehead atoms. The molecule has 0 aliphatic rings. The predicted molar refractivity (Wildman–Crippen MR) is 68.1 cm³/mol. The van der Waals surface area contributed by atoms with Gasteiger partial charge in [-0.05, 0) is 18.2 Å². The van der Waals surface area contributed by atoms with Crippen molar-refractivity contribution in [3.05, 3.63) is 52.0 Å². The summed E-state index contributed by atoms with van der Waals surface area (Å²) in [6, 6.07) is 4.60. The van der Waals surface area contributed by atoms with Gasteiger partial charge in [0.25, 0.3) is 0 Å². The van der Waals surface area contributed by atoms with Crippen LogP contribution < -0.4 is 11.1 Å². The molecule has 19 heavy (non-hydrogen) atoms. The van der Waals surface area contributed by atoms with Crippen LogP contribution in [0.15, 0.2) is 28.7 Å². The maximum Gasteiger partial charge on any atom is 0.185 e. The van der Waals surface area contributed by atoms with Gasteiger partial charge >= 0.3 is 0 Å². The minimum Gasteiger partial charge on any atom is -0.397 e. The van der Waals surface area contributed by atoms with Gasteiger partial charge in [0.15, 0.2) is 23.3 Å². The lowest BCUT2D eigenvalue weighted by Crippen LogP contribution is -2.04. The van der Waals surface area contributed by atoms with E-state index < -0.39 is 29.0 Å². The predicted octanol–water partition coefficient (Wildman–Crippen LogP) is 4.33. The number of halogens is 5. The van der Waals surface area contributed by atoms with Crippen molar-refractivity contribution in [2.24, 2.45) is 0 Å². The molecule has 0 fully saturated rings. The van der Waals surface area contributed by atoms with E-state index >= 15 is 0 Å².